The number of amides is 2. The van der Waals surface area contributed by atoms with Gasteiger partial charge in [0, 0.05) is 36.8 Å². The van der Waals surface area contributed by atoms with Crippen molar-refractivity contribution in [2.45, 2.75) is 12.5 Å². The van der Waals surface area contributed by atoms with Crippen LogP contribution in [0.2, 0.25) is 0 Å². The maximum atomic E-state index is 14.0. The molecule has 2 atom stereocenters. The number of rotatable bonds is 4. The van der Waals surface area contributed by atoms with E-state index in [1.54, 1.807) is 25.5 Å². The molecule has 4 rings (SSSR count). The predicted octanol–water partition coefficient (Wildman–Crippen LogP) is 3.64. The normalized spacial score (nSPS) is 18.9. The van der Waals surface area contributed by atoms with Crippen molar-refractivity contribution >= 4 is 28.3 Å². The van der Waals surface area contributed by atoms with Crippen LogP contribution in [-0.4, -0.2) is 33.7 Å². The third-order valence-electron chi connectivity index (χ3n) is 4.89. The second kappa shape index (κ2) is 7.67. The van der Waals surface area contributed by atoms with Gasteiger partial charge in [0.15, 0.2) is 5.13 Å². The van der Waals surface area contributed by atoms with Gasteiger partial charge in [0.2, 0.25) is 11.8 Å². The van der Waals surface area contributed by atoms with Gasteiger partial charge in [0.25, 0.3) is 0 Å². The second-order valence-corrected chi connectivity index (χ2v) is 7.56. The van der Waals surface area contributed by atoms with Gasteiger partial charge in [-0.3, -0.25) is 14.6 Å². The minimum Gasteiger partial charge on any atom is -0.338 e. The number of anilines is 1. The highest BCUT2D eigenvalue weighted by Crippen LogP contribution is 2.37. The number of hydrogen-bond acceptors (Lipinski definition) is 5. The molecule has 0 spiro atoms. The van der Waals surface area contributed by atoms with Crippen molar-refractivity contribution in [3.63, 3.8) is 0 Å². The second-order valence-electron chi connectivity index (χ2n) is 6.70. The van der Waals surface area contributed by atoms with Gasteiger partial charge < -0.3 is 10.2 Å². The number of nitrogens with zero attached hydrogens (tertiary/aromatic N) is 3. The number of nitrogens with one attached hydrogen (secondary N) is 1. The summed E-state index contributed by atoms with van der Waals surface area (Å²) in [5.41, 5.74) is 1.01. The molecular weight excluding hydrogens is 398 g/mol. The van der Waals surface area contributed by atoms with Gasteiger partial charge in [0.05, 0.1) is 17.7 Å². The smallest absolute Gasteiger partial charge is 0.232 e. The predicted molar refractivity (Wildman–Crippen MR) is 104 cm³/mol. The van der Waals surface area contributed by atoms with E-state index in [0.29, 0.717) is 0 Å². The van der Waals surface area contributed by atoms with Crippen LogP contribution in [0, 0.1) is 17.6 Å². The molecule has 3 heterocycles. The Bertz CT molecular complexity index is 1070. The Morgan fingerprint density at radius 3 is 2.90 bits per heavy atom. The third-order valence-corrected chi connectivity index (χ3v) is 5.65. The molecule has 9 heteroatoms. The van der Waals surface area contributed by atoms with Crippen molar-refractivity contribution in [2.24, 2.45) is 5.92 Å². The van der Waals surface area contributed by atoms with Gasteiger partial charge in [-0.05, 0) is 29.8 Å². The molecule has 2 aromatic heterocycles. The standard InChI is InChI=1S/C20H16F2N4O2S/c1-26-17(27)8-14(18(26)11-3-2-6-23-9-11)19(28)25-20-24-16(10-29-20)13-7-12(21)4-5-15(13)22/h2-7,9-10,14,18H,8H2,1H3,(H,24,25,28). The average Bonchev–Trinajstić information content (AvgIpc) is 3.29. The Kier molecular flexibility index (Phi) is 5.06. The maximum Gasteiger partial charge on any atom is 0.232 e. The van der Waals surface area contributed by atoms with Crippen LogP contribution in [0.3, 0.4) is 0 Å². The summed E-state index contributed by atoms with van der Waals surface area (Å²) in [6.45, 7) is 0. The largest absolute Gasteiger partial charge is 0.338 e. The minimum absolute atomic E-state index is 0.0192. The summed E-state index contributed by atoms with van der Waals surface area (Å²) < 4.78 is 27.4. The number of thiazole rings is 1. The zero-order chi connectivity index (χ0) is 20.5. The van der Waals surface area contributed by atoms with Crippen molar-refractivity contribution in [1.29, 1.82) is 0 Å². The number of carbonyl (C=O) groups is 2. The van der Waals surface area contributed by atoms with Gasteiger partial charge in [-0.2, -0.15) is 0 Å². The number of benzene rings is 1. The Morgan fingerprint density at radius 2 is 2.14 bits per heavy atom. The van der Waals surface area contributed by atoms with E-state index in [4.69, 9.17) is 0 Å². The SMILES string of the molecule is CN1C(=O)CC(C(=O)Nc2nc(-c3cc(F)ccc3F)cs2)C1c1cccnc1. The summed E-state index contributed by atoms with van der Waals surface area (Å²) in [6.07, 6.45) is 3.32. The van der Waals surface area contributed by atoms with Gasteiger partial charge in [-0.1, -0.05) is 6.07 Å². The van der Waals surface area contributed by atoms with E-state index in [1.165, 1.54) is 10.3 Å². The molecule has 29 heavy (non-hydrogen) atoms. The third kappa shape index (κ3) is 3.73. The van der Waals surface area contributed by atoms with Gasteiger partial charge in [-0.15, -0.1) is 11.3 Å². The van der Waals surface area contributed by atoms with Crippen molar-refractivity contribution < 1.29 is 18.4 Å². The highest BCUT2D eigenvalue weighted by Gasteiger charge is 2.43. The fourth-order valence-corrected chi connectivity index (χ4v) is 4.17. The van der Waals surface area contributed by atoms with E-state index in [9.17, 15) is 18.4 Å². The molecule has 148 valence electrons. The molecule has 6 nitrogen and oxygen atoms in total. The molecule has 1 aliphatic rings. The van der Waals surface area contributed by atoms with Gasteiger partial charge in [0.1, 0.15) is 11.6 Å². The van der Waals surface area contributed by atoms with E-state index in [1.807, 2.05) is 6.07 Å². The first-order chi connectivity index (χ1) is 13.9. The topological polar surface area (TPSA) is 75.2 Å². The molecule has 3 aromatic rings. The molecule has 2 unspecified atom stereocenters. The fraction of sp³-hybridized carbons (Fsp3) is 0.200. The van der Waals surface area contributed by atoms with Crippen LogP contribution in [-0.2, 0) is 9.59 Å². The summed E-state index contributed by atoms with van der Waals surface area (Å²) in [5, 5.41) is 4.49. The van der Waals surface area contributed by atoms with Gasteiger partial charge in [-0.25, -0.2) is 13.8 Å². The molecule has 2 amide bonds. The molecule has 1 fully saturated rings. The molecule has 1 N–H and O–H groups in total. The summed E-state index contributed by atoms with van der Waals surface area (Å²) in [4.78, 5) is 34.9. The van der Waals surface area contributed by atoms with Crippen LogP contribution in [0.15, 0.2) is 48.1 Å². The van der Waals surface area contributed by atoms with Crippen molar-refractivity contribution in [3.05, 3.63) is 65.3 Å². The Balaban J connectivity index is 1.56. The first-order valence-electron chi connectivity index (χ1n) is 8.81. The zero-order valence-electron chi connectivity index (χ0n) is 15.3. The number of pyridine rings is 1. The van der Waals surface area contributed by atoms with Crippen LogP contribution >= 0.6 is 11.3 Å². The minimum atomic E-state index is -0.616. The monoisotopic (exact) mass is 414 g/mol. The quantitative estimate of drug-likeness (QED) is 0.707. The number of carbonyl (C=O) groups excluding carboxylic acids is 2. The number of likely N-dealkylation sites (tertiary alicyclic amines) is 1. The van der Waals surface area contributed by atoms with Crippen LogP contribution in [0.5, 0.6) is 0 Å². The van der Waals surface area contributed by atoms with Crippen LogP contribution in [0.25, 0.3) is 11.3 Å². The maximum absolute atomic E-state index is 14.0. The van der Waals surface area contributed by atoms with E-state index in [2.05, 4.69) is 15.3 Å². The first kappa shape index (κ1) is 19.1. The molecule has 1 aliphatic heterocycles. The molecule has 1 aromatic carbocycles. The highest BCUT2D eigenvalue weighted by atomic mass is 32.1. The molecule has 0 saturated carbocycles. The van der Waals surface area contributed by atoms with Crippen LogP contribution in [0.4, 0.5) is 13.9 Å². The van der Waals surface area contributed by atoms with Crippen LogP contribution < -0.4 is 5.32 Å². The fourth-order valence-electron chi connectivity index (χ4n) is 3.46. The van der Waals surface area contributed by atoms with Crippen molar-refractivity contribution in [3.8, 4) is 11.3 Å². The van der Waals surface area contributed by atoms with Gasteiger partial charge >= 0.3 is 0 Å². The van der Waals surface area contributed by atoms with E-state index in [-0.39, 0.29) is 34.6 Å². The molecule has 0 radical (unpaired) electrons. The van der Waals surface area contributed by atoms with E-state index < -0.39 is 23.6 Å². The zero-order valence-corrected chi connectivity index (χ0v) is 16.1. The first-order valence-corrected chi connectivity index (χ1v) is 9.69. The lowest BCUT2D eigenvalue weighted by Gasteiger charge is -2.24. The van der Waals surface area contributed by atoms with Crippen LogP contribution in [0.1, 0.15) is 18.0 Å². The Hall–Kier alpha value is -3.20. The van der Waals surface area contributed by atoms with E-state index >= 15 is 0 Å². The number of halogens is 2. The molecule has 0 aliphatic carbocycles. The molecular formula is C20H16F2N4O2S. The summed E-state index contributed by atoms with van der Waals surface area (Å²) >= 11 is 1.10. The lowest BCUT2D eigenvalue weighted by molar-refractivity contribution is -0.127. The lowest BCUT2D eigenvalue weighted by atomic mass is 9.94. The lowest BCUT2D eigenvalue weighted by Crippen LogP contribution is -2.30. The van der Waals surface area contributed by atoms with Crippen molar-refractivity contribution in [2.75, 3.05) is 12.4 Å². The molecule has 0 bridgehead atoms. The van der Waals surface area contributed by atoms with E-state index in [0.717, 1.165) is 35.1 Å². The Labute approximate surface area is 169 Å². The number of aromatic nitrogens is 2. The summed E-state index contributed by atoms with van der Waals surface area (Å²) in [7, 11) is 1.65. The Morgan fingerprint density at radius 1 is 1.31 bits per heavy atom. The number of hydrogen-bond donors (Lipinski definition) is 1. The highest BCUT2D eigenvalue weighted by molar-refractivity contribution is 7.14. The average molecular weight is 414 g/mol. The summed E-state index contributed by atoms with van der Waals surface area (Å²) in [5.74, 6) is -2.30. The van der Waals surface area contributed by atoms with Crippen molar-refractivity contribution in [1.82, 2.24) is 14.9 Å². The molecule has 1 saturated heterocycles. The summed E-state index contributed by atoms with van der Waals surface area (Å²) in [6, 6.07) is 6.25.